The first-order valence-corrected chi connectivity index (χ1v) is 10.3. The molecule has 31 heavy (non-hydrogen) atoms. The second-order valence-corrected chi connectivity index (χ2v) is 8.82. The molecule has 2 heterocycles. The number of carboxylic acid groups (broad SMARTS) is 1. The fourth-order valence-electron chi connectivity index (χ4n) is 5.02. The molecule has 1 saturated heterocycles. The first kappa shape index (κ1) is 19.7. The van der Waals surface area contributed by atoms with Gasteiger partial charge in [0.05, 0.1) is 12.5 Å². The van der Waals surface area contributed by atoms with Crippen molar-refractivity contribution in [1.29, 1.82) is 0 Å². The molecular weight excluding hydrogens is 409 g/mol. The van der Waals surface area contributed by atoms with Crippen LogP contribution in [0.25, 0.3) is 10.9 Å². The first-order chi connectivity index (χ1) is 14.8. The molecule has 1 atom stereocenters. The largest absolute Gasteiger partial charge is 0.492 e. The third kappa shape index (κ3) is 2.94. The third-order valence-electron chi connectivity index (χ3n) is 6.92. The number of nitrogens with one attached hydrogen (secondary N) is 1. The SMILES string of the molecule is COc1c(N2CC(CNC(=O)O)C3(CC3)C2)c(F)cc2c(=O)n(N)c(=O)n(C3CC3)c12. The van der Waals surface area contributed by atoms with Crippen molar-refractivity contribution in [1.82, 2.24) is 14.6 Å². The molecule has 0 bridgehead atoms. The van der Waals surface area contributed by atoms with Crippen molar-refractivity contribution in [3.05, 3.63) is 32.7 Å². The van der Waals surface area contributed by atoms with Crippen molar-refractivity contribution in [3.8, 4) is 5.75 Å². The van der Waals surface area contributed by atoms with E-state index in [-0.39, 0.29) is 46.3 Å². The molecule has 1 aliphatic heterocycles. The summed E-state index contributed by atoms with van der Waals surface area (Å²) in [6, 6.07) is 1.01. The van der Waals surface area contributed by atoms with E-state index >= 15 is 4.39 Å². The van der Waals surface area contributed by atoms with Gasteiger partial charge in [-0.25, -0.2) is 14.0 Å². The van der Waals surface area contributed by atoms with Gasteiger partial charge in [-0.1, -0.05) is 0 Å². The zero-order chi connectivity index (χ0) is 22.1. The van der Waals surface area contributed by atoms with Gasteiger partial charge in [-0.3, -0.25) is 9.36 Å². The molecule has 2 aliphatic carbocycles. The molecule has 1 aromatic heterocycles. The van der Waals surface area contributed by atoms with Gasteiger partial charge in [0, 0.05) is 31.6 Å². The maximum atomic E-state index is 15.4. The normalized spacial score (nSPS) is 21.6. The highest BCUT2D eigenvalue weighted by atomic mass is 19.1. The Labute approximate surface area is 176 Å². The van der Waals surface area contributed by atoms with E-state index in [4.69, 9.17) is 15.7 Å². The maximum Gasteiger partial charge on any atom is 0.404 e. The molecule has 10 nitrogen and oxygen atoms in total. The lowest BCUT2D eigenvalue weighted by molar-refractivity contribution is 0.191. The van der Waals surface area contributed by atoms with Gasteiger partial charge in [0.15, 0.2) is 11.6 Å². The summed E-state index contributed by atoms with van der Waals surface area (Å²) in [6.45, 7) is 1.29. The number of hydrogen-bond donors (Lipinski definition) is 3. The molecule has 2 saturated carbocycles. The summed E-state index contributed by atoms with van der Waals surface area (Å²) in [5.74, 6) is 5.22. The van der Waals surface area contributed by atoms with Gasteiger partial charge < -0.3 is 25.9 Å². The predicted octanol–water partition coefficient (Wildman–Crippen LogP) is 0.844. The molecular formula is C20H24FN5O5. The van der Waals surface area contributed by atoms with E-state index in [0.717, 1.165) is 31.7 Å². The van der Waals surface area contributed by atoms with Crippen LogP contribution in [0.1, 0.15) is 31.7 Å². The summed E-state index contributed by atoms with van der Waals surface area (Å²) >= 11 is 0. The van der Waals surface area contributed by atoms with Crippen LogP contribution >= 0.6 is 0 Å². The Hall–Kier alpha value is -3.24. The maximum absolute atomic E-state index is 15.4. The number of nitrogens with two attached hydrogens (primary N) is 1. The Bertz CT molecular complexity index is 1210. The Balaban J connectivity index is 1.67. The molecule has 0 radical (unpaired) electrons. The number of rotatable bonds is 5. The minimum absolute atomic E-state index is 0.00322. The van der Waals surface area contributed by atoms with E-state index in [2.05, 4.69) is 5.32 Å². The van der Waals surface area contributed by atoms with Crippen LogP contribution in [0.15, 0.2) is 15.7 Å². The number of hydrogen-bond acceptors (Lipinski definition) is 6. The second kappa shape index (κ2) is 6.63. The number of amides is 1. The smallest absolute Gasteiger partial charge is 0.404 e. The summed E-state index contributed by atoms with van der Waals surface area (Å²) in [5.41, 5.74) is -1.04. The van der Waals surface area contributed by atoms with Crippen LogP contribution in [-0.2, 0) is 0 Å². The van der Waals surface area contributed by atoms with E-state index in [9.17, 15) is 14.4 Å². The average molecular weight is 433 g/mol. The van der Waals surface area contributed by atoms with E-state index in [1.807, 2.05) is 4.90 Å². The lowest BCUT2D eigenvalue weighted by Gasteiger charge is -2.24. The zero-order valence-electron chi connectivity index (χ0n) is 17.1. The van der Waals surface area contributed by atoms with E-state index in [1.54, 1.807) is 0 Å². The van der Waals surface area contributed by atoms with Crippen LogP contribution in [0.2, 0.25) is 0 Å². The van der Waals surface area contributed by atoms with Crippen molar-refractivity contribution in [2.45, 2.75) is 31.7 Å². The summed E-state index contributed by atoms with van der Waals surface area (Å²) in [7, 11) is 1.39. The summed E-state index contributed by atoms with van der Waals surface area (Å²) < 4.78 is 22.9. The molecule has 3 fully saturated rings. The molecule has 1 amide bonds. The van der Waals surface area contributed by atoms with Gasteiger partial charge >= 0.3 is 11.8 Å². The predicted molar refractivity (Wildman–Crippen MR) is 111 cm³/mol. The van der Waals surface area contributed by atoms with Crippen molar-refractivity contribution < 1.29 is 19.0 Å². The van der Waals surface area contributed by atoms with Crippen LogP contribution < -0.4 is 32.0 Å². The van der Waals surface area contributed by atoms with Gasteiger partial charge in [0.25, 0.3) is 5.56 Å². The van der Waals surface area contributed by atoms with Crippen molar-refractivity contribution in [2.24, 2.45) is 11.3 Å². The lowest BCUT2D eigenvalue weighted by Crippen LogP contribution is -2.44. The summed E-state index contributed by atoms with van der Waals surface area (Å²) in [6.07, 6.45) is 2.32. The number of ether oxygens (including phenoxy) is 1. The van der Waals surface area contributed by atoms with E-state index < -0.39 is 23.2 Å². The molecule has 3 aliphatic rings. The van der Waals surface area contributed by atoms with Crippen molar-refractivity contribution in [3.63, 3.8) is 0 Å². The number of methoxy groups -OCH3 is 1. The van der Waals surface area contributed by atoms with Crippen LogP contribution in [0.3, 0.4) is 0 Å². The molecule has 1 aromatic carbocycles. The van der Waals surface area contributed by atoms with E-state index in [0.29, 0.717) is 17.8 Å². The quantitative estimate of drug-likeness (QED) is 0.596. The van der Waals surface area contributed by atoms with Crippen LogP contribution in [-0.4, -0.2) is 47.2 Å². The number of aromatic nitrogens is 2. The van der Waals surface area contributed by atoms with Gasteiger partial charge in [-0.05, 0) is 37.2 Å². The van der Waals surface area contributed by atoms with Crippen molar-refractivity contribution in [2.75, 3.05) is 37.5 Å². The summed E-state index contributed by atoms with van der Waals surface area (Å²) in [5, 5.41) is 11.4. The Morgan fingerprint density at radius 2 is 2.10 bits per heavy atom. The van der Waals surface area contributed by atoms with Gasteiger partial charge in [-0.2, -0.15) is 4.68 Å². The third-order valence-corrected chi connectivity index (χ3v) is 6.92. The molecule has 1 unspecified atom stereocenters. The minimum atomic E-state index is -1.09. The lowest BCUT2D eigenvalue weighted by atomic mass is 9.93. The van der Waals surface area contributed by atoms with Gasteiger partial charge in [0.1, 0.15) is 11.2 Å². The van der Waals surface area contributed by atoms with Crippen LogP contribution in [0.5, 0.6) is 5.75 Å². The van der Waals surface area contributed by atoms with Crippen molar-refractivity contribution >= 4 is 22.7 Å². The fraction of sp³-hybridized carbons (Fsp3) is 0.550. The Morgan fingerprint density at radius 3 is 2.68 bits per heavy atom. The molecule has 1 spiro atoms. The number of halogens is 1. The van der Waals surface area contributed by atoms with E-state index in [1.165, 1.54) is 11.7 Å². The Morgan fingerprint density at radius 1 is 1.39 bits per heavy atom. The topological polar surface area (TPSA) is 132 Å². The Kier molecular flexibility index (Phi) is 4.21. The fourth-order valence-corrected chi connectivity index (χ4v) is 5.02. The average Bonchev–Trinajstić information content (AvgIpc) is 3.64. The number of anilines is 1. The standard InChI is InChI=1S/C20H24FN5O5/c1-31-16-14-12(17(27)26(22)19(30)25(14)11-2-3-11)6-13(21)15(16)24-8-10(7-23-18(28)29)20(9-24)4-5-20/h6,10-11,23H,2-5,7-9,22H2,1H3,(H,28,29). The highest BCUT2D eigenvalue weighted by molar-refractivity contribution is 5.91. The first-order valence-electron chi connectivity index (χ1n) is 10.3. The number of carbonyl (C=O) groups is 1. The number of benzene rings is 1. The monoisotopic (exact) mass is 433 g/mol. The number of nitrogens with zero attached hydrogens (tertiary/aromatic N) is 3. The molecule has 166 valence electrons. The highest BCUT2D eigenvalue weighted by Crippen LogP contribution is 2.58. The molecule has 11 heteroatoms. The molecule has 2 aromatic rings. The molecule has 4 N–H and O–H groups in total. The zero-order valence-corrected chi connectivity index (χ0v) is 17.1. The number of fused-ring (bicyclic) bond motifs is 1. The van der Waals surface area contributed by atoms with Gasteiger partial charge in [0.2, 0.25) is 0 Å². The summed E-state index contributed by atoms with van der Waals surface area (Å²) in [4.78, 5) is 38.2. The van der Waals surface area contributed by atoms with Crippen LogP contribution in [0, 0.1) is 17.2 Å². The van der Waals surface area contributed by atoms with Crippen LogP contribution in [0.4, 0.5) is 14.9 Å². The highest BCUT2D eigenvalue weighted by Gasteiger charge is 2.55. The number of nitrogen functional groups attached to an aromatic ring is 1. The van der Waals surface area contributed by atoms with Gasteiger partial charge in [-0.15, -0.1) is 0 Å². The molecule has 5 rings (SSSR count). The minimum Gasteiger partial charge on any atom is -0.492 e. The second-order valence-electron chi connectivity index (χ2n) is 8.82.